The van der Waals surface area contributed by atoms with Crippen LogP contribution in [0.1, 0.15) is 77.6 Å². The van der Waals surface area contributed by atoms with Crippen molar-refractivity contribution in [2.24, 2.45) is 0 Å². The van der Waals surface area contributed by atoms with E-state index in [0.717, 1.165) is 4.88 Å². The average molecular weight is 451 g/mol. The summed E-state index contributed by atoms with van der Waals surface area (Å²) < 4.78 is 25.0. The molecule has 0 N–H and O–H groups in total. The Morgan fingerprint density at radius 3 is 1.40 bits per heavy atom. The van der Waals surface area contributed by atoms with Crippen LogP contribution in [0.25, 0.3) is 0 Å². The van der Waals surface area contributed by atoms with Gasteiger partial charge in [-0.05, 0) is 57.5 Å². The van der Waals surface area contributed by atoms with Crippen molar-refractivity contribution in [2.45, 2.75) is 78.6 Å². The minimum absolute atomic E-state index is 0.0923. The zero-order valence-electron chi connectivity index (χ0n) is 19.8. The summed E-state index contributed by atoms with van der Waals surface area (Å²) in [5, 5.41) is 2.03. The first-order valence-electron chi connectivity index (χ1n) is 10.2. The smallest absolute Gasteiger partial charge is 0.176 e. The van der Waals surface area contributed by atoms with Crippen molar-refractivity contribution in [1.82, 2.24) is 0 Å². The van der Waals surface area contributed by atoms with E-state index < -0.39 is 0 Å². The molecule has 0 amide bonds. The number of hydrogen-bond donors (Lipinski definition) is 0. The summed E-state index contributed by atoms with van der Waals surface area (Å²) in [6.07, 6.45) is 0. The largest absolute Gasteiger partial charge is 0.207 e. The molecule has 3 rings (SSSR count). The van der Waals surface area contributed by atoms with Gasteiger partial charge in [-0.25, -0.2) is 4.39 Å². The molecule has 1 aromatic carbocycles. The summed E-state index contributed by atoms with van der Waals surface area (Å²) in [6, 6.07) is 14.3. The monoisotopic (exact) mass is 450 g/mol. The van der Waals surface area contributed by atoms with Crippen LogP contribution >= 0.6 is 22.7 Å². The van der Waals surface area contributed by atoms with Gasteiger partial charge in [0.1, 0.15) is 5.82 Å². The number of thiophene rings is 2. The molecule has 0 fully saturated rings. The van der Waals surface area contributed by atoms with Crippen molar-refractivity contribution in [1.29, 1.82) is 0 Å². The van der Waals surface area contributed by atoms with Crippen LogP contribution in [-0.2, 0) is 16.2 Å². The second kappa shape index (κ2) is 10.7. The summed E-state index contributed by atoms with van der Waals surface area (Å²) in [4.78, 5) is 2.56. The standard InChI is InChI=1S/C10H13F.C8H11FS.C8H12S/c1-10(2,3)8-4-6-9(11)7-5-8;1-8(2,3)6-4-5-7(9)10-6;1-8(2,3)7-5-4-6-9-7/h4-7H,1-3H3;4-5H,1-3H3;4-6H,1-3H3. The first kappa shape index (κ1) is 26.5. The second-order valence-electron chi connectivity index (χ2n) is 10.3. The Morgan fingerprint density at radius 1 is 0.600 bits per heavy atom. The normalized spacial score (nSPS) is 11.8. The van der Waals surface area contributed by atoms with E-state index in [1.54, 1.807) is 0 Å². The van der Waals surface area contributed by atoms with Crippen LogP contribution in [0.2, 0.25) is 0 Å². The van der Waals surface area contributed by atoms with Crippen molar-refractivity contribution in [3.05, 3.63) is 80.2 Å². The van der Waals surface area contributed by atoms with Gasteiger partial charge in [0.15, 0.2) is 5.13 Å². The summed E-state index contributed by atoms with van der Waals surface area (Å²) in [6.45, 7) is 19.3. The SMILES string of the molecule is CC(C)(C)c1ccc(F)cc1.CC(C)(C)c1ccc(F)s1.CC(C)(C)c1cccs1. The third-order valence-electron chi connectivity index (χ3n) is 4.28. The highest BCUT2D eigenvalue weighted by atomic mass is 32.1. The Morgan fingerprint density at radius 2 is 1.13 bits per heavy atom. The maximum Gasteiger partial charge on any atom is 0.176 e. The Balaban J connectivity index is 0.000000226. The first-order chi connectivity index (χ1) is 13.6. The van der Waals surface area contributed by atoms with Crippen LogP contribution < -0.4 is 0 Å². The van der Waals surface area contributed by atoms with Gasteiger partial charge in [-0.15, -0.1) is 22.7 Å². The Labute approximate surface area is 190 Å². The molecule has 0 saturated heterocycles. The van der Waals surface area contributed by atoms with Gasteiger partial charge in [0.05, 0.1) is 0 Å². The summed E-state index contributed by atoms with van der Waals surface area (Å²) >= 11 is 3.06. The maximum absolute atomic E-state index is 12.5. The van der Waals surface area contributed by atoms with Gasteiger partial charge in [0.2, 0.25) is 0 Å². The molecule has 0 spiro atoms. The van der Waals surface area contributed by atoms with Crippen LogP contribution in [0.3, 0.4) is 0 Å². The van der Waals surface area contributed by atoms with E-state index in [-0.39, 0.29) is 21.8 Å². The van der Waals surface area contributed by atoms with Gasteiger partial charge in [-0.1, -0.05) is 80.5 Å². The van der Waals surface area contributed by atoms with E-state index >= 15 is 0 Å². The average Bonchev–Trinajstić information content (AvgIpc) is 3.26. The van der Waals surface area contributed by atoms with E-state index in [0.29, 0.717) is 5.41 Å². The molecule has 2 aromatic heterocycles. The fourth-order valence-corrected chi connectivity index (χ4v) is 3.98. The number of benzene rings is 1. The van der Waals surface area contributed by atoms with Gasteiger partial charge in [-0.3, -0.25) is 0 Å². The van der Waals surface area contributed by atoms with Crippen LogP contribution in [0.5, 0.6) is 0 Å². The minimum atomic E-state index is -0.169. The summed E-state index contributed by atoms with van der Waals surface area (Å²) in [5.41, 5.74) is 1.72. The second-order valence-corrected chi connectivity index (χ2v) is 12.3. The van der Waals surface area contributed by atoms with E-state index in [1.807, 2.05) is 29.5 Å². The molecule has 166 valence electrons. The van der Waals surface area contributed by atoms with Crippen LogP contribution in [-0.4, -0.2) is 0 Å². The minimum Gasteiger partial charge on any atom is -0.207 e. The van der Waals surface area contributed by atoms with Crippen LogP contribution in [0.15, 0.2) is 53.9 Å². The van der Waals surface area contributed by atoms with Crippen LogP contribution in [0, 0.1) is 10.9 Å². The molecule has 3 aromatic rings. The van der Waals surface area contributed by atoms with Gasteiger partial charge in [0, 0.05) is 9.75 Å². The molecule has 0 atom stereocenters. The van der Waals surface area contributed by atoms with Crippen molar-refractivity contribution >= 4 is 22.7 Å². The highest BCUT2D eigenvalue weighted by Crippen LogP contribution is 2.28. The lowest BCUT2D eigenvalue weighted by atomic mass is 9.87. The Bertz CT molecular complexity index is 854. The molecule has 2 heterocycles. The fraction of sp³-hybridized carbons (Fsp3) is 0.462. The quantitative estimate of drug-likeness (QED) is 0.320. The molecule has 0 aliphatic heterocycles. The van der Waals surface area contributed by atoms with Crippen LogP contribution in [0.4, 0.5) is 8.78 Å². The van der Waals surface area contributed by atoms with Crippen molar-refractivity contribution in [2.75, 3.05) is 0 Å². The molecular weight excluding hydrogens is 414 g/mol. The molecule has 0 aliphatic rings. The molecule has 30 heavy (non-hydrogen) atoms. The maximum atomic E-state index is 12.5. The Kier molecular flexibility index (Phi) is 9.44. The first-order valence-corrected chi connectivity index (χ1v) is 11.9. The fourth-order valence-electron chi connectivity index (χ4n) is 2.37. The molecule has 0 bridgehead atoms. The topological polar surface area (TPSA) is 0 Å². The van der Waals surface area contributed by atoms with E-state index in [4.69, 9.17) is 0 Å². The Hall–Kier alpha value is -1.52. The lowest BCUT2D eigenvalue weighted by Gasteiger charge is -2.18. The van der Waals surface area contributed by atoms with E-state index in [1.165, 1.54) is 40.0 Å². The van der Waals surface area contributed by atoms with Gasteiger partial charge in [0.25, 0.3) is 0 Å². The third kappa shape index (κ3) is 9.53. The molecular formula is C26H36F2S2. The highest BCUT2D eigenvalue weighted by molar-refractivity contribution is 7.10. The van der Waals surface area contributed by atoms with Crippen molar-refractivity contribution in [3.8, 4) is 0 Å². The molecule has 4 heteroatoms. The third-order valence-corrected chi connectivity index (χ3v) is 6.88. The van der Waals surface area contributed by atoms with E-state index in [9.17, 15) is 8.78 Å². The van der Waals surface area contributed by atoms with Gasteiger partial charge < -0.3 is 0 Å². The lowest BCUT2D eigenvalue weighted by Crippen LogP contribution is -2.10. The molecule has 0 unspecified atom stereocenters. The molecule has 0 aliphatic carbocycles. The zero-order chi connectivity index (χ0) is 23.2. The number of rotatable bonds is 0. The van der Waals surface area contributed by atoms with Crippen molar-refractivity contribution < 1.29 is 8.78 Å². The predicted molar refractivity (Wildman–Crippen MR) is 131 cm³/mol. The van der Waals surface area contributed by atoms with Gasteiger partial charge >= 0.3 is 0 Å². The molecule has 0 nitrogen and oxygen atoms in total. The zero-order valence-corrected chi connectivity index (χ0v) is 21.4. The van der Waals surface area contributed by atoms with Gasteiger partial charge in [-0.2, -0.15) is 4.39 Å². The number of hydrogen-bond acceptors (Lipinski definition) is 2. The lowest BCUT2D eigenvalue weighted by molar-refractivity contribution is 0.583. The molecule has 0 radical (unpaired) electrons. The summed E-state index contributed by atoms with van der Waals surface area (Å²) in [7, 11) is 0. The van der Waals surface area contributed by atoms with Crippen molar-refractivity contribution in [3.63, 3.8) is 0 Å². The summed E-state index contributed by atoms with van der Waals surface area (Å²) in [5.74, 6) is -0.169. The van der Waals surface area contributed by atoms with E-state index in [2.05, 4.69) is 79.8 Å². The predicted octanol–water partition coefficient (Wildman–Crippen LogP) is 9.35. The molecule has 0 saturated carbocycles. The highest BCUT2D eigenvalue weighted by Gasteiger charge is 2.15. The number of halogens is 2.